The van der Waals surface area contributed by atoms with Crippen molar-refractivity contribution in [3.8, 4) is 5.75 Å². The van der Waals surface area contributed by atoms with Crippen LogP contribution in [0.25, 0.3) is 0 Å². The molecule has 2 atom stereocenters. The number of nitrogens with one attached hydrogen (secondary N) is 1. The van der Waals surface area contributed by atoms with Crippen molar-refractivity contribution in [1.82, 2.24) is 5.32 Å². The Hall–Kier alpha value is -1.62. The lowest BCUT2D eigenvalue weighted by molar-refractivity contribution is 0.0818. The van der Waals surface area contributed by atoms with Gasteiger partial charge < -0.3 is 15.2 Å². The SMILES string of the molecule is COc1ccc(C(=O)NC2CCCCCC2O)cc1F. The zero-order chi connectivity index (χ0) is 14.5. The van der Waals surface area contributed by atoms with Crippen molar-refractivity contribution >= 4 is 5.91 Å². The molecule has 4 nitrogen and oxygen atoms in total. The van der Waals surface area contributed by atoms with Gasteiger partial charge in [-0.05, 0) is 31.0 Å². The fourth-order valence-corrected chi connectivity index (χ4v) is 2.52. The summed E-state index contributed by atoms with van der Waals surface area (Å²) in [5.74, 6) is -0.824. The largest absolute Gasteiger partial charge is 0.494 e. The zero-order valence-electron chi connectivity index (χ0n) is 11.6. The highest BCUT2D eigenvalue weighted by atomic mass is 19.1. The molecular formula is C15H20FNO3. The van der Waals surface area contributed by atoms with Gasteiger partial charge in [0.15, 0.2) is 11.6 Å². The average molecular weight is 281 g/mol. The molecule has 5 heteroatoms. The van der Waals surface area contributed by atoms with Gasteiger partial charge in [-0.25, -0.2) is 4.39 Å². The van der Waals surface area contributed by atoms with Crippen molar-refractivity contribution in [1.29, 1.82) is 0 Å². The Morgan fingerprint density at radius 3 is 2.80 bits per heavy atom. The number of aliphatic hydroxyl groups is 1. The van der Waals surface area contributed by atoms with Crippen molar-refractivity contribution in [2.75, 3.05) is 7.11 Å². The maximum Gasteiger partial charge on any atom is 0.251 e. The Bertz CT molecular complexity index is 478. The number of ether oxygens (including phenoxy) is 1. The minimum Gasteiger partial charge on any atom is -0.494 e. The van der Waals surface area contributed by atoms with Crippen LogP contribution in [-0.4, -0.2) is 30.3 Å². The van der Waals surface area contributed by atoms with Crippen LogP contribution in [0, 0.1) is 5.82 Å². The summed E-state index contributed by atoms with van der Waals surface area (Å²) < 4.78 is 18.4. The van der Waals surface area contributed by atoms with Crippen LogP contribution >= 0.6 is 0 Å². The second-order valence-electron chi connectivity index (χ2n) is 5.13. The van der Waals surface area contributed by atoms with Crippen molar-refractivity contribution in [2.24, 2.45) is 0 Å². The molecule has 1 aliphatic rings. The van der Waals surface area contributed by atoms with Gasteiger partial charge >= 0.3 is 0 Å². The lowest BCUT2D eigenvalue weighted by Gasteiger charge is -2.21. The molecule has 0 aliphatic heterocycles. The summed E-state index contributed by atoms with van der Waals surface area (Å²) in [6, 6.07) is 3.83. The monoisotopic (exact) mass is 281 g/mol. The predicted molar refractivity (Wildman–Crippen MR) is 73.3 cm³/mol. The van der Waals surface area contributed by atoms with Gasteiger partial charge in [-0.1, -0.05) is 19.3 Å². The van der Waals surface area contributed by atoms with Crippen LogP contribution in [-0.2, 0) is 0 Å². The van der Waals surface area contributed by atoms with Gasteiger partial charge in [0.05, 0.1) is 19.3 Å². The van der Waals surface area contributed by atoms with E-state index in [9.17, 15) is 14.3 Å². The highest BCUT2D eigenvalue weighted by molar-refractivity contribution is 5.94. The maximum absolute atomic E-state index is 13.6. The number of rotatable bonds is 3. The molecule has 20 heavy (non-hydrogen) atoms. The first-order valence-electron chi connectivity index (χ1n) is 6.94. The molecule has 0 heterocycles. The molecule has 1 aliphatic carbocycles. The van der Waals surface area contributed by atoms with E-state index >= 15 is 0 Å². The van der Waals surface area contributed by atoms with Crippen LogP contribution in [0.4, 0.5) is 4.39 Å². The van der Waals surface area contributed by atoms with Gasteiger partial charge in [0.25, 0.3) is 5.91 Å². The molecule has 0 spiro atoms. The number of hydrogen-bond acceptors (Lipinski definition) is 3. The Balaban J connectivity index is 2.05. The Labute approximate surface area is 117 Å². The van der Waals surface area contributed by atoms with E-state index in [-0.39, 0.29) is 23.3 Å². The van der Waals surface area contributed by atoms with Crippen LogP contribution in [0.1, 0.15) is 42.5 Å². The molecule has 1 aromatic rings. The lowest BCUT2D eigenvalue weighted by atomic mass is 10.1. The standard InChI is InChI=1S/C15H20FNO3/c1-20-14-8-7-10(9-11(14)16)15(19)17-12-5-3-2-4-6-13(12)18/h7-9,12-13,18H,2-6H2,1H3,(H,17,19). The van der Waals surface area contributed by atoms with E-state index in [0.29, 0.717) is 6.42 Å². The number of carbonyl (C=O) groups excluding carboxylic acids is 1. The van der Waals surface area contributed by atoms with Gasteiger partial charge in [-0.3, -0.25) is 4.79 Å². The second kappa shape index (κ2) is 6.70. The van der Waals surface area contributed by atoms with E-state index in [1.165, 1.54) is 19.2 Å². The number of methoxy groups -OCH3 is 1. The minimum absolute atomic E-state index is 0.107. The third-order valence-electron chi connectivity index (χ3n) is 3.71. The number of hydrogen-bond donors (Lipinski definition) is 2. The van der Waals surface area contributed by atoms with Crippen molar-refractivity contribution in [3.63, 3.8) is 0 Å². The van der Waals surface area contributed by atoms with E-state index in [1.54, 1.807) is 0 Å². The molecule has 2 N–H and O–H groups in total. The average Bonchev–Trinajstić information content (AvgIpc) is 2.64. The van der Waals surface area contributed by atoms with Crippen molar-refractivity contribution in [2.45, 2.75) is 44.2 Å². The first-order chi connectivity index (χ1) is 9.61. The first kappa shape index (κ1) is 14.8. The Morgan fingerprint density at radius 2 is 2.10 bits per heavy atom. The zero-order valence-corrected chi connectivity index (χ0v) is 11.6. The van der Waals surface area contributed by atoms with Crippen LogP contribution in [0.5, 0.6) is 5.75 Å². The van der Waals surface area contributed by atoms with Crippen molar-refractivity contribution in [3.05, 3.63) is 29.6 Å². The third-order valence-corrected chi connectivity index (χ3v) is 3.71. The summed E-state index contributed by atoms with van der Waals surface area (Å²) in [4.78, 5) is 12.1. The molecule has 1 amide bonds. The second-order valence-corrected chi connectivity index (χ2v) is 5.13. The van der Waals surface area contributed by atoms with E-state index in [0.717, 1.165) is 31.7 Å². The van der Waals surface area contributed by atoms with Crippen LogP contribution in [0.15, 0.2) is 18.2 Å². The maximum atomic E-state index is 13.6. The van der Waals surface area contributed by atoms with Gasteiger partial charge in [0, 0.05) is 5.56 Å². The van der Waals surface area contributed by atoms with E-state index in [2.05, 4.69) is 5.32 Å². The quantitative estimate of drug-likeness (QED) is 0.836. The molecule has 2 rings (SSSR count). The highest BCUT2D eigenvalue weighted by Gasteiger charge is 2.23. The molecule has 2 unspecified atom stereocenters. The van der Waals surface area contributed by atoms with Gasteiger partial charge in [-0.2, -0.15) is 0 Å². The van der Waals surface area contributed by atoms with Gasteiger partial charge in [0.1, 0.15) is 0 Å². The topological polar surface area (TPSA) is 58.6 Å². The van der Waals surface area contributed by atoms with Crippen molar-refractivity contribution < 1.29 is 19.0 Å². The molecular weight excluding hydrogens is 261 g/mol. The van der Waals surface area contributed by atoms with Crippen LogP contribution in [0.3, 0.4) is 0 Å². The molecule has 0 bridgehead atoms. The van der Waals surface area contributed by atoms with Crippen LogP contribution in [0.2, 0.25) is 0 Å². The summed E-state index contributed by atoms with van der Waals surface area (Å²) in [6.07, 6.45) is 3.96. The van der Waals surface area contributed by atoms with E-state index in [4.69, 9.17) is 4.74 Å². The third kappa shape index (κ3) is 3.48. The summed E-state index contributed by atoms with van der Waals surface area (Å²) in [5, 5.41) is 12.8. The number of benzene rings is 1. The summed E-state index contributed by atoms with van der Waals surface area (Å²) in [7, 11) is 1.38. The van der Waals surface area contributed by atoms with E-state index in [1.807, 2.05) is 0 Å². The Morgan fingerprint density at radius 1 is 1.35 bits per heavy atom. The Kier molecular flexibility index (Phi) is 4.95. The number of carbonyl (C=O) groups is 1. The highest BCUT2D eigenvalue weighted by Crippen LogP contribution is 2.20. The lowest BCUT2D eigenvalue weighted by Crippen LogP contribution is -2.42. The fourth-order valence-electron chi connectivity index (χ4n) is 2.52. The molecule has 1 saturated carbocycles. The number of halogens is 1. The van der Waals surface area contributed by atoms with Gasteiger partial charge in [0.2, 0.25) is 0 Å². The number of amides is 1. The smallest absolute Gasteiger partial charge is 0.251 e. The first-order valence-corrected chi connectivity index (χ1v) is 6.94. The molecule has 0 saturated heterocycles. The molecule has 1 aromatic carbocycles. The van der Waals surface area contributed by atoms with Crippen LogP contribution < -0.4 is 10.1 Å². The molecule has 110 valence electrons. The minimum atomic E-state index is -0.568. The number of aliphatic hydroxyl groups excluding tert-OH is 1. The fraction of sp³-hybridized carbons (Fsp3) is 0.533. The van der Waals surface area contributed by atoms with Gasteiger partial charge in [-0.15, -0.1) is 0 Å². The summed E-state index contributed by atoms with van der Waals surface area (Å²) in [6.45, 7) is 0. The summed E-state index contributed by atoms with van der Waals surface area (Å²) >= 11 is 0. The predicted octanol–water partition coefficient (Wildman–Crippen LogP) is 2.26. The molecule has 0 aromatic heterocycles. The van der Waals surface area contributed by atoms with E-state index < -0.39 is 11.9 Å². The normalized spacial score (nSPS) is 22.9. The molecule has 0 radical (unpaired) electrons. The summed E-state index contributed by atoms with van der Waals surface area (Å²) in [5.41, 5.74) is 0.236. The molecule has 1 fully saturated rings.